The normalized spacial score (nSPS) is 26.1. The largest absolute Gasteiger partial charge is 0.336 e. The number of aromatic nitrogens is 2. The van der Waals surface area contributed by atoms with Crippen molar-refractivity contribution in [1.82, 2.24) is 19.8 Å². The van der Waals surface area contributed by atoms with Crippen LogP contribution in [0.1, 0.15) is 40.0 Å². The molecule has 0 spiro atoms. The van der Waals surface area contributed by atoms with Crippen LogP contribution in [0.4, 0.5) is 0 Å². The summed E-state index contributed by atoms with van der Waals surface area (Å²) < 4.78 is 2.19. The van der Waals surface area contributed by atoms with Crippen LogP contribution in [0, 0.1) is 5.41 Å². The van der Waals surface area contributed by atoms with Crippen molar-refractivity contribution in [3.8, 4) is 0 Å². The van der Waals surface area contributed by atoms with Crippen molar-refractivity contribution < 1.29 is 0 Å². The van der Waals surface area contributed by atoms with Gasteiger partial charge in [0.1, 0.15) is 0 Å². The zero-order valence-electron chi connectivity index (χ0n) is 13.0. The van der Waals surface area contributed by atoms with Crippen molar-refractivity contribution in [2.24, 2.45) is 5.41 Å². The fourth-order valence-electron chi connectivity index (χ4n) is 3.16. The van der Waals surface area contributed by atoms with Crippen LogP contribution < -0.4 is 5.32 Å². The van der Waals surface area contributed by atoms with E-state index >= 15 is 0 Å². The average molecular weight is 276 g/mol. The fraction of sp³-hybridized carbons (Fsp3) is 0.812. The van der Waals surface area contributed by atoms with Gasteiger partial charge in [0.05, 0.1) is 6.33 Å². The van der Waals surface area contributed by atoms with Crippen molar-refractivity contribution in [2.75, 3.05) is 13.1 Å². The minimum absolute atomic E-state index is 0.261. The van der Waals surface area contributed by atoms with Gasteiger partial charge in [-0.1, -0.05) is 20.8 Å². The second-order valence-corrected chi connectivity index (χ2v) is 7.56. The van der Waals surface area contributed by atoms with E-state index < -0.39 is 0 Å². The Morgan fingerprint density at radius 2 is 2.10 bits per heavy atom. The maximum Gasteiger partial charge on any atom is 0.0946 e. The molecule has 2 aliphatic rings. The van der Waals surface area contributed by atoms with Gasteiger partial charge in [-0.15, -0.1) is 0 Å². The molecule has 1 saturated heterocycles. The lowest BCUT2D eigenvalue weighted by Gasteiger charge is -2.34. The minimum atomic E-state index is 0.261. The molecule has 2 fully saturated rings. The number of hydrogen-bond donors (Lipinski definition) is 1. The van der Waals surface area contributed by atoms with Crippen LogP contribution in [-0.4, -0.2) is 45.7 Å². The molecular formula is C16H28N4. The number of rotatable bonds is 5. The average Bonchev–Trinajstić information content (AvgIpc) is 2.90. The predicted molar refractivity (Wildman–Crippen MR) is 81.6 cm³/mol. The molecule has 1 N–H and O–H groups in total. The van der Waals surface area contributed by atoms with Gasteiger partial charge in [-0.05, 0) is 24.7 Å². The molecule has 1 aliphatic carbocycles. The van der Waals surface area contributed by atoms with Crippen molar-refractivity contribution in [1.29, 1.82) is 0 Å². The first-order valence-corrected chi connectivity index (χ1v) is 7.98. The maximum atomic E-state index is 4.16. The highest BCUT2D eigenvalue weighted by atomic mass is 15.2. The van der Waals surface area contributed by atoms with Gasteiger partial charge >= 0.3 is 0 Å². The molecule has 0 bridgehead atoms. The summed E-state index contributed by atoms with van der Waals surface area (Å²) in [6.07, 6.45) is 9.99. The van der Waals surface area contributed by atoms with E-state index in [4.69, 9.17) is 0 Å². The van der Waals surface area contributed by atoms with Crippen molar-refractivity contribution in [2.45, 2.75) is 64.7 Å². The smallest absolute Gasteiger partial charge is 0.0946 e. The Hall–Kier alpha value is -0.870. The van der Waals surface area contributed by atoms with E-state index in [1.165, 1.54) is 32.4 Å². The van der Waals surface area contributed by atoms with E-state index in [0.717, 1.165) is 12.6 Å². The number of imidazole rings is 1. The van der Waals surface area contributed by atoms with Gasteiger partial charge < -0.3 is 9.88 Å². The Morgan fingerprint density at radius 3 is 2.70 bits per heavy atom. The molecule has 3 rings (SSSR count). The van der Waals surface area contributed by atoms with Gasteiger partial charge in [0.25, 0.3) is 0 Å². The van der Waals surface area contributed by atoms with Crippen molar-refractivity contribution >= 4 is 0 Å². The van der Waals surface area contributed by atoms with Crippen molar-refractivity contribution in [3.63, 3.8) is 0 Å². The van der Waals surface area contributed by atoms with Gasteiger partial charge in [-0.2, -0.15) is 0 Å². The quantitative estimate of drug-likeness (QED) is 0.894. The van der Waals surface area contributed by atoms with Crippen LogP contribution in [0.25, 0.3) is 0 Å². The Morgan fingerprint density at radius 1 is 1.30 bits per heavy atom. The third kappa shape index (κ3) is 3.41. The van der Waals surface area contributed by atoms with E-state index in [9.17, 15) is 0 Å². The molecule has 2 unspecified atom stereocenters. The first-order valence-electron chi connectivity index (χ1n) is 7.98. The molecule has 1 aromatic heterocycles. The molecule has 112 valence electrons. The molecule has 1 aromatic rings. The Bertz CT molecular complexity index is 416. The predicted octanol–water partition coefficient (Wildman–Crippen LogP) is 2.12. The number of likely N-dealkylation sites (tertiary alicyclic amines) is 1. The molecule has 1 saturated carbocycles. The van der Waals surface area contributed by atoms with Gasteiger partial charge in [-0.3, -0.25) is 4.90 Å². The third-order valence-electron chi connectivity index (χ3n) is 4.72. The molecule has 0 aromatic carbocycles. The van der Waals surface area contributed by atoms with Crippen LogP contribution in [0.3, 0.4) is 0 Å². The number of hydrogen-bond acceptors (Lipinski definition) is 3. The lowest BCUT2D eigenvalue weighted by Crippen LogP contribution is -2.49. The molecule has 2 heterocycles. The number of nitrogens with zero attached hydrogens (tertiary/aromatic N) is 3. The highest BCUT2D eigenvalue weighted by Gasteiger charge is 2.36. The molecular weight excluding hydrogens is 248 g/mol. The maximum absolute atomic E-state index is 4.16. The zero-order valence-corrected chi connectivity index (χ0v) is 13.0. The molecule has 0 radical (unpaired) electrons. The topological polar surface area (TPSA) is 33.1 Å². The van der Waals surface area contributed by atoms with E-state index in [0.29, 0.717) is 12.1 Å². The monoisotopic (exact) mass is 276 g/mol. The highest BCUT2D eigenvalue weighted by Crippen LogP contribution is 2.30. The van der Waals surface area contributed by atoms with Gasteiger partial charge in [-0.25, -0.2) is 4.98 Å². The second-order valence-electron chi connectivity index (χ2n) is 7.56. The van der Waals surface area contributed by atoms with E-state index in [2.05, 4.69) is 46.7 Å². The van der Waals surface area contributed by atoms with Gasteiger partial charge in [0.15, 0.2) is 0 Å². The zero-order chi connectivity index (χ0) is 14.2. The molecule has 2 atom stereocenters. The standard InChI is InChI=1S/C16H28N4/c1-16(2,3)15(11-19-9-7-17-12-19)18-13-6-8-20(10-13)14-4-5-14/h7,9,12-15,18H,4-6,8,10-11H2,1-3H3. The number of nitrogens with one attached hydrogen (secondary N) is 1. The summed E-state index contributed by atoms with van der Waals surface area (Å²) in [5, 5.41) is 3.92. The highest BCUT2D eigenvalue weighted by molar-refractivity contribution is 4.94. The summed E-state index contributed by atoms with van der Waals surface area (Å²) in [6.45, 7) is 10.5. The summed E-state index contributed by atoms with van der Waals surface area (Å²) in [7, 11) is 0. The Kier molecular flexibility index (Phi) is 3.87. The molecule has 0 amide bonds. The summed E-state index contributed by atoms with van der Waals surface area (Å²) in [6, 6.07) is 2.05. The van der Waals surface area contributed by atoms with Crippen LogP contribution in [0.2, 0.25) is 0 Å². The second kappa shape index (κ2) is 5.49. The summed E-state index contributed by atoms with van der Waals surface area (Å²) in [4.78, 5) is 6.83. The Labute approximate surface area is 122 Å². The Balaban J connectivity index is 1.58. The van der Waals surface area contributed by atoms with Gasteiger partial charge in [0.2, 0.25) is 0 Å². The van der Waals surface area contributed by atoms with E-state index in [1.54, 1.807) is 0 Å². The molecule has 20 heavy (non-hydrogen) atoms. The minimum Gasteiger partial charge on any atom is -0.336 e. The molecule has 4 nitrogen and oxygen atoms in total. The lowest BCUT2D eigenvalue weighted by molar-refractivity contribution is 0.217. The van der Waals surface area contributed by atoms with Crippen molar-refractivity contribution in [3.05, 3.63) is 18.7 Å². The molecule has 1 aliphatic heterocycles. The summed E-state index contributed by atoms with van der Waals surface area (Å²) in [5.74, 6) is 0. The molecule has 4 heteroatoms. The first kappa shape index (κ1) is 14.1. The SMILES string of the molecule is CC(C)(C)C(Cn1ccnc1)NC1CCN(C2CC2)C1. The van der Waals surface area contributed by atoms with Gasteiger partial charge in [0, 0.05) is 50.2 Å². The lowest BCUT2D eigenvalue weighted by atomic mass is 9.86. The van der Waals surface area contributed by atoms with Crippen LogP contribution >= 0.6 is 0 Å². The summed E-state index contributed by atoms with van der Waals surface area (Å²) in [5.41, 5.74) is 0.261. The first-order chi connectivity index (χ1) is 9.52. The fourth-order valence-corrected chi connectivity index (χ4v) is 3.16. The third-order valence-corrected chi connectivity index (χ3v) is 4.72. The van der Waals surface area contributed by atoms with E-state index in [1.807, 2.05) is 12.5 Å². The van der Waals surface area contributed by atoms with Crippen LogP contribution in [-0.2, 0) is 6.54 Å². The van der Waals surface area contributed by atoms with Crippen LogP contribution in [0.15, 0.2) is 18.7 Å². The van der Waals surface area contributed by atoms with Crippen LogP contribution in [0.5, 0.6) is 0 Å². The van der Waals surface area contributed by atoms with E-state index in [-0.39, 0.29) is 5.41 Å². The summed E-state index contributed by atoms with van der Waals surface area (Å²) >= 11 is 0.